The fourth-order valence-electron chi connectivity index (χ4n) is 2.31. The Bertz CT molecular complexity index is 734. The van der Waals surface area contributed by atoms with Crippen molar-refractivity contribution in [2.45, 2.75) is 12.5 Å². The van der Waals surface area contributed by atoms with Crippen molar-refractivity contribution in [1.29, 1.82) is 0 Å². The normalized spacial score (nSPS) is 17.5. The van der Waals surface area contributed by atoms with Crippen molar-refractivity contribution in [3.05, 3.63) is 62.0 Å². The van der Waals surface area contributed by atoms with Gasteiger partial charge in [0.1, 0.15) is 5.75 Å². The van der Waals surface area contributed by atoms with Gasteiger partial charge >= 0.3 is 0 Å². The Balaban J connectivity index is 1.86. The Morgan fingerprint density at radius 2 is 2.00 bits per heavy atom. The summed E-state index contributed by atoms with van der Waals surface area (Å²) in [4.78, 5) is 0. The number of nitrogens with zero attached hydrogens (tertiary/aromatic N) is 1. The van der Waals surface area contributed by atoms with Crippen molar-refractivity contribution in [3.63, 3.8) is 0 Å². The molecule has 2 N–H and O–H groups in total. The number of phenolic OH excluding ortho intramolecular Hbond substituents is 1. The highest BCUT2D eigenvalue weighted by Gasteiger charge is 2.24. The monoisotopic (exact) mass is 384 g/mol. The summed E-state index contributed by atoms with van der Waals surface area (Å²) in [6.07, 6.45) is 0.644. The van der Waals surface area contributed by atoms with E-state index in [-0.39, 0.29) is 11.8 Å². The van der Waals surface area contributed by atoms with Gasteiger partial charge in [0.05, 0.1) is 11.8 Å². The van der Waals surface area contributed by atoms with Gasteiger partial charge in [-0.3, -0.25) is 0 Å². The summed E-state index contributed by atoms with van der Waals surface area (Å²) in [7, 11) is 0. The van der Waals surface area contributed by atoms with Gasteiger partial charge in [-0.15, -0.1) is 0 Å². The third kappa shape index (κ3) is 3.03. The third-order valence-electron chi connectivity index (χ3n) is 3.36. The number of hydrogen-bond acceptors (Lipinski definition) is 3. The van der Waals surface area contributed by atoms with Crippen LogP contribution in [0, 0.1) is 0 Å². The molecule has 0 aromatic heterocycles. The molecular weight excluding hydrogens is 375 g/mol. The molecule has 0 radical (unpaired) electrons. The second-order valence-corrected chi connectivity index (χ2v) is 6.53. The quantitative estimate of drug-likeness (QED) is 0.772. The van der Waals surface area contributed by atoms with Crippen LogP contribution in [0.1, 0.15) is 23.6 Å². The summed E-state index contributed by atoms with van der Waals surface area (Å²) >= 11 is 15.5. The predicted octanol–water partition coefficient (Wildman–Crippen LogP) is 4.90. The van der Waals surface area contributed by atoms with Crippen LogP contribution in [-0.2, 0) is 0 Å². The van der Waals surface area contributed by atoms with Crippen LogP contribution in [0.15, 0.2) is 46.0 Å². The second kappa shape index (κ2) is 5.87. The molecule has 6 heteroatoms. The van der Waals surface area contributed by atoms with Crippen molar-refractivity contribution in [3.8, 4) is 5.75 Å². The highest BCUT2D eigenvalue weighted by atomic mass is 79.9. The van der Waals surface area contributed by atoms with Gasteiger partial charge < -0.3 is 10.5 Å². The highest BCUT2D eigenvalue weighted by molar-refractivity contribution is 9.10. The van der Waals surface area contributed by atoms with Crippen molar-refractivity contribution in [2.75, 3.05) is 0 Å². The molecule has 2 aromatic rings. The summed E-state index contributed by atoms with van der Waals surface area (Å²) in [5, 5.41) is 15.5. The largest absolute Gasteiger partial charge is 0.507 e. The van der Waals surface area contributed by atoms with Gasteiger partial charge in [0.2, 0.25) is 0 Å². The minimum absolute atomic E-state index is 0.0249. The predicted molar refractivity (Wildman–Crippen MR) is 89.3 cm³/mol. The van der Waals surface area contributed by atoms with E-state index < -0.39 is 0 Å². The molecule has 1 atom stereocenters. The molecule has 0 spiro atoms. The number of benzene rings is 2. The van der Waals surface area contributed by atoms with E-state index in [2.05, 4.69) is 26.5 Å². The average Bonchev–Trinajstić information content (AvgIpc) is 2.91. The zero-order chi connectivity index (χ0) is 15.0. The molecule has 2 aromatic carbocycles. The van der Waals surface area contributed by atoms with Gasteiger partial charge in [-0.25, -0.2) is 0 Å². The van der Waals surface area contributed by atoms with Crippen LogP contribution in [0.4, 0.5) is 0 Å². The summed E-state index contributed by atoms with van der Waals surface area (Å²) in [5.41, 5.74) is 5.51. The van der Waals surface area contributed by atoms with E-state index in [9.17, 15) is 5.11 Å². The molecule has 1 heterocycles. The van der Waals surface area contributed by atoms with E-state index in [1.807, 2.05) is 12.1 Å². The molecular formula is C15H11BrCl2N2O. The van der Waals surface area contributed by atoms with E-state index in [0.717, 1.165) is 15.7 Å². The first-order chi connectivity index (χ1) is 10.0. The fraction of sp³-hybridized carbons (Fsp3) is 0.133. The molecule has 108 valence electrons. The summed E-state index contributed by atoms with van der Waals surface area (Å²) in [5.74, 6) is 0.210. The minimum atomic E-state index is -0.0249. The molecule has 0 unspecified atom stereocenters. The first-order valence-corrected chi connectivity index (χ1v) is 7.85. The molecule has 0 bridgehead atoms. The maximum atomic E-state index is 9.97. The fourth-order valence-corrected chi connectivity index (χ4v) is 3.21. The average molecular weight is 386 g/mol. The summed E-state index contributed by atoms with van der Waals surface area (Å²) in [6, 6.07) is 10.7. The second-order valence-electron chi connectivity index (χ2n) is 4.77. The number of phenols is 1. The van der Waals surface area contributed by atoms with Crippen LogP contribution in [0.2, 0.25) is 10.0 Å². The number of aromatic hydroxyl groups is 1. The first kappa shape index (κ1) is 14.7. The molecule has 0 saturated carbocycles. The lowest BCUT2D eigenvalue weighted by molar-refractivity contribution is 0.474. The lowest BCUT2D eigenvalue weighted by Gasteiger charge is -2.12. The molecule has 0 saturated heterocycles. The van der Waals surface area contributed by atoms with Crippen LogP contribution in [0.3, 0.4) is 0 Å². The van der Waals surface area contributed by atoms with Crippen molar-refractivity contribution in [2.24, 2.45) is 5.10 Å². The number of nitrogens with one attached hydrogen (secondary N) is 1. The third-order valence-corrected chi connectivity index (χ3v) is 4.42. The molecule has 1 aliphatic heterocycles. The van der Waals surface area contributed by atoms with Gasteiger partial charge in [0.25, 0.3) is 0 Å². The highest BCUT2D eigenvalue weighted by Crippen LogP contribution is 2.33. The smallest absolute Gasteiger partial charge is 0.124 e. The molecule has 0 amide bonds. The topological polar surface area (TPSA) is 44.6 Å². The van der Waals surface area contributed by atoms with Gasteiger partial charge in [-0.1, -0.05) is 45.2 Å². The summed E-state index contributed by atoms with van der Waals surface area (Å²) < 4.78 is 0.894. The Kier molecular flexibility index (Phi) is 4.11. The Morgan fingerprint density at radius 1 is 1.19 bits per heavy atom. The van der Waals surface area contributed by atoms with Crippen molar-refractivity contribution >= 4 is 44.8 Å². The van der Waals surface area contributed by atoms with Crippen LogP contribution < -0.4 is 5.43 Å². The van der Waals surface area contributed by atoms with Crippen LogP contribution in [0.5, 0.6) is 5.75 Å². The number of halogens is 3. The molecule has 0 fully saturated rings. The maximum absolute atomic E-state index is 9.97. The number of hydrazone groups is 1. The van der Waals surface area contributed by atoms with E-state index in [0.29, 0.717) is 22.0 Å². The zero-order valence-corrected chi connectivity index (χ0v) is 13.9. The van der Waals surface area contributed by atoms with E-state index in [1.54, 1.807) is 24.3 Å². The maximum Gasteiger partial charge on any atom is 0.124 e. The van der Waals surface area contributed by atoms with E-state index in [4.69, 9.17) is 23.2 Å². The van der Waals surface area contributed by atoms with Crippen molar-refractivity contribution < 1.29 is 5.11 Å². The van der Waals surface area contributed by atoms with Gasteiger partial charge in [0, 0.05) is 26.5 Å². The molecule has 21 heavy (non-hydrogen) atoms. The summed E-state index contributed by atoms with van der Waals surface area (Å²) in [6.45, 7) is 0. The Labute approximate surface area is 140 Å². The Hall–Kier alpha value is -1.23. The van der Waals surface area contributed by atoms with Crippen LogP contribution in [-0.4, -0.2) is 10.8 Å². The SMILES string of the molecule is Oc1ccc(Br)cc1C1=NN[C@H](c2ccc(Cl)cc2Cl)C1. The van der Waals surface area contributed by atoms with E-state index in [1.165, 1.54) is 0 Å². The lowest BCUT2D eigenvalue weighted by Crippen LogP contribution is -2.10. The van der Waals surface area contributed by atoms with E-state index >= 15 is 0 Å². The van der Waals surface area contributed by atoms with Crippen molar-refractivity contribution in [1.82, 2.24) is 5.43 Å². The molecule has 1 aliphatic rings. The van der Waals surface area contributed by atoms with Gasteiger partial charge in [0.15, 0.2) is 0 Å². The Morgan fingerprint density at radius 3 is 2.76 bits per heavy atom. The van der Waals surface area contributed by atoms with Gasteiger partial charge in [-0.05, 0) is 35.9 Å². The molecule has 0 aliphatic carbocycles. The molecule has 3 rings (SSSR count). The zero-order valence-electron chi connectivity index (χ0n) is 10.8. The van der Waals surface area contributed by atoms with Crippen LogP contribution >= 0.6 is 39.1 Å². The van der Waals surface area contributed by atoms with Crippen LogP contribution in [0.25, 0.3) is 0 Å². The molecule has 3 nitrogen and oxygen atoms in total. The standard InChI is InChI=1S/C15H11BrCl2N2O/c16-8-1-4-15(21)11(5-8)14-7-13(19-20-14)10-3-2-9(17)6-12(10)18/h1-6,13,19,21H,7H2/t13-/m0/s1. The minimum Gasteiger partial charge on any atom is -0.507 e. The first-order valence-electron chi connectivity index (χ1n) is 6.30. The number of rotatable bonds is 2. The lowest BCUT2D eigenvalue weighted by atomic mass is 9.98. The van der Waals surface area contributed by atoms with Gasteiger partial charge in [-0.2, -0.15) is 5.10 Å². The number of hydrogen-bond donors (Lipinski definition) is 2.